The number of hydrogen-bond acceptors (Lipinski definition) is 5. The highest BCUT2D eigenvalue weighted by molar-refractivity contribution is 7.92. The van der Waals surface area contributed by atoms with Gasteiger partial charge in [0.15, 0.2) is 5.65 Å². The van der Waals surface area contributed by atoms with Crippen LogP contribution in [-0.2, 0) is 22.9 Å². The predicted molar refractivity (Wildman–Crippen MR) is 117 cm³/mol. The molecule has 0 aliphatic carbocycles. The number of aryl methyl sites for hydroxylation is 2. The molecule has 8 heteroatoms. The summed E-state index contributed by atoms with van der Waals surface area (Å²) in [6.45, 7) is 0. The van der Waals surface area contributed by atoms with Gasteiger partial charge in [-0.3, -0.25) is 9.12 Å². The van der Waals surface area contributed by atoms with E-state index in [-0.39, 0.29) is 0 Å². The summed E-state index contributed by atoms with van der Waals surface area (Å²) in [6.07, 6.45) is 4.50. The molecule has 0 atom stereocenters. The summed E-state index contributed by atoms with van der Waals surface area (Å²) in [7, 11) is -1.62. The monoisotopic (exact) mass is 422 g/mol. The average molecular weight is 423 g/mol. The van der Waals surface area contributed by atoms with Crippen molar-refractivity contribution in [3.63, 3.8) is 0 Å². The van der Waals surface area contributed by atoms with E-state index in [4.69, 9.17) is 4.74 Å². The summed E-state index contributed by atoms with van der Waals surface area (Å²) in [5.41, 5.74) is 5.39. The first kappa shape index (κ1) is 19.9. The quantitative estimate of drug-likeness (QED) is 0.492. The Kier molecular flexibility index (Phi) is 5.41. The first-order valence-corrected chi connectivity index (χ1v) is 11.4. The van der Waals surface area contributed by atoms with E-state index in [0.29, 0.717) is 5.69 Å². The molecule has 154 valence electrons. The van der Waals surface area contributed by atoms with E-state index in [1.54, 1.807) is 25.6 Å². The molecule has 2 aromatic heterocycles. The highest BCUT2D eigenvalue weighted by atomic mass is 32.2. The molecule has 0 amide bonds. The van der Waals surface area contributed by atoms with Crippen molar-refractivity contribution in [2.24, 2.45) is 0 Å². The molecule has 4 aromatic rings. The minimum Gasteiger partial charge on any atom is -0.496 e. The van der Waals surface area contributed by atoms with Crippen LogP contribution in [0.2, 0.25) is 0 Å². The largest absolute Gasteiger partial charge is 0.496 e. The van der Waals surface area contributed by atoms with Gasteiger partial charge in [0, 0.05) is 16.9 Å². The van der Waals surface area contributed by atoms with Crippen molar-refractivity contribution in [1.29, 1.82) is 0 Å². The second-order valence-corrected chi connectivity index (χ2v) is 8.77. The molecule has 2 aromatic carbocycles. The van der Waals surface area contributed by atoms with Crippen LogP contribution in [0.1, 0.15) is 11.3 Å². The third-order valence-corrected chi connectivity index (χ3v) is 5.49. The molecule has 0 saturated carbocycles. The van der Waals surface area contributed by atoms with Gasteiger partial charge in [-0.2, -0.15) is 0 Å². The smallest absolute Gasteiger partial charge is 0.229 e. The summed E-state index contributed by atoms with van der Waals surface area (Å²) < 4.78 is 32.7. The molecular formula is C22H22N4O3S. The van der Waals surface area contributed by atoms with Crippen LogP contribution >= 0.6 is 0 Å². The molecule has 0 radical (unpaired) electrons. The number of hydrogen-bond donors (Lipinski definition) is 1. The fourth-order valence-electron chi connectivity index (χ4n) is 3.50. The lowest BCUT2D eigenvalue weighted by atomic mass is 10.0. The zero-order valence-corrected chi connectivity index (χ0v) is 17.6. The highest BCUT2D eigenvalue weighted by Gasteiger charge is 2.11. The average Bonchev–Trinajstić information content (AvgIpc) is 3.22. The number of rotatable bonds is 7. The topological polar surface area (TPSA) is 85.6 Å². The molecule has 0 aliphatic rings. The van der Waals surface area contributed by atoms with Gasteiger partial charge in [-0.05, 0) is 54.3 Å². The molecule has 1 N–H and O–H groups in total. The number of nitrogens with one attached hydrogen (secondary N) is 1. The Morgan fingerprint density at radius 2 is 1.77 bits per heavy atom. The van der Waals surface area contributed by atoms with Crippen molar-refractivity contribution in [2.75, 3.05) is 18.1 Å². The minimum absolute atomic E-state index is 0.521. The first-order valence-electron chi connectivity index (χ1n) is 9.46. The minimum atomic E-state index is -3.31. The number of benzene rings is 2. The summed E-state index contributed by atoms with van der Waals surface area (Å²) in [5.74, 6) is 0.886. The number of methoxy groups -OCH3 is 1. The van der Waals surface area contributed by atoms with Crippen molar-refractivity contribution >= 4 is 21.4 Å². The van der Waals surface area contributed by atoms with Gasteiger partial charge in [0.2, 0.25) is 10.0 Å². The van der Waals surface area contributed by atoms with Gasteiger partial charge in [0.1, 0.15) is 12.1 Å². The lowest BCUT2D eigenvalue weighted by Crippen LogP contribution is -2.09. The van der Waals surface area contributed by atoms with E-state index in [2.05, 4.69) is 27.1 Å². The van der Waals surface area contributed by atoms with Gasteiger partial charge in [0.25, 0.3) is 0 Å². The molecule has 2 heterocycles. The molecule has 4 rings (SSSR count). The molecular weight excluding hydrogens is 400 g/mol. The van der Waals surface area contributed by atoms with Gasteiger partial charge < -0.3 is 4.74 Å². The Morgan fingerprint density at radius 1 is 1.00 bits per heavy atom. The number of pyridine rings is 1. The summed E-state index contributed by atoms with van der Waals surface area (Å²) >= 11 is 0. The van der Waals surface area contributed by atoms with Crippen LogP contribution < -0.4 is 9.46 Å². The SMILES string of the molecule is COc1ccccc1CCc1ccc(-c2ccc(NS(C)(=O)=O)cc2)c2nncn12. The summed E-state index contributed by atoms with van der Waals surface area (Å²) in [6, 6.07) is 19.3. The Balaban J connectivity index is 1.61. The molecule has 0 fully saturated rings. The van der Waals surface area contributed by atoms with E-state index in [9.17, 15) is 8.42 Å². The highest BCUT2D eigenvalue weighted by Crippen LogP contribution is 2.27. The summed E-state index contributed by atoms with van der Waals surface area (Å²) in [5, 5.41) is 8.40. The van der Waals surface area contributed by atoms with Crippen molar-refractivity contribution in [3.05, 3.63) is 78.2 Å². The van der Waals surface area contributed by atoms with Crippen LogP contribution in [0.3, 0.4) is 0 Å². The van der Waals surface area contributed by atoms with Crippen LogP contribution in [0.5, 0.6) is 5.75 Å². The van der Waals surface area contributed by atoms with E-state index in [1.807, 2.05) is 40.8 Å². The van der Waals surface area contributed by atoms with Crippen LogP contribution in [0.15, 0.2) is 67.0 Å². The van der Waals surface area contributed by atoms with Crippen LogP contribution in [0.25, 0.3) is 16.8 Å². The molecule has 0 unspecified atom stereocenters. The van der Waals surface area contributed by atoms with Gasteiger partial charge in [0.05, 0.1) is 13.4 Å². The molecule has 30 heavy (non-hydrogen) atoms. The standard InChI is InChI=1S/C22H22N4O3S/c1-29-21-6-4-3-5-17(21)9-12-19-13-14-20(22-24-23-15-26(19)22)16-7-10-18(11-8-16)25-30(2,27)28/h3-8,10-11,13-15,25H,9,12H2,1-2H3. The molecule has 0 aliphatic heterocycles. The van der Waals surface area contributed by atoms with E-state index < -0.39 is 10.0 Å². The maximum atomic E-state index is 11.4. The van der Waals surface area contributed by atoms with Gasteiger partial charge in [-0.25, -0.2) is 8.42 Å². The lowest BCUT2D eigenvalue weighted by molar-refractivity contribution is 0.409. The van der Waals surface area contributed by atoms with Gasteiger partial charge in [-0.1, -0.05) is 30.3 Å². The van der Waals surface area contributed by atoms with Crippen molar-refractivity contribution in [1.82, 2.24) is 14.6 Å². The fraction of sp³-hybridized carbons (Fsp3) is 0.182. The molecule has 7 nitrogen and oxygen atoms in total. The Labute approximate surface area is 175 Å². The van der Waals surface area contributed by atoms with Crippen molar-refractivity contribution in [3.8, 4) is 16.9 Å². The number of aromatic nitrogens is 3. The number of sulfonamides is 1. The third-order valence-electron chi connectivity index (χ3n) is 4.88. The zero-order chi connectivity index (χ0) is 21.1. The van der Waals surface area contributed by atoms with Gasteiger partial charge >= 0.3 is 0 Å². The van der Waals surface area contributed by atoms with Crippen LogP contribution in [0.4, 0.5) is 5.69 Å². The van der Waals surface area contributed by atoms with Crippen molar-refractivity contribution in [2.45, 2.75) is 12.8 Å². The molecule has 0 saturated heterocycles. The fourth-order valence-corrected chi connectivity index (χ4v) is 4.06. The number of ether oxygens (including phenoxy) is 1. The van der Waals surface area contributed by atoms with Crippen molar-refractivity contribution < 1.29 is 13.2 Å². The Morgan fingerprint density at radius 3 is 2.50 bits per heavy atom. The second kappa shape index (κ2) is 8.16. The maximum absolute atomic E-state index is 11.4. The molecule has 0 bridgehead atoms. The lowest BCUT2D eigenvalue weighted by Gasteiger charge is -2.11. The Hall–Kier alpha value is -3.39. The summed E-state index contributed by atoms with van der Waals surface area (Å²) in [4.78, 5) is 0. The number of nitrogens with zero attached hydrogens (tertiary/aromatic N) is 3. The predicted octanol–water partition coefficient (Wildman–Crippen LogP) is 3.56. The Bertz CT molecular complexity index is 1280. The molecule has 0 spiro atoms. The zero-order valence-electron chi connectivity index (χ0n) is 16.7. The van der Waals surface area contributed by atoms with Crippen LogP contribution in [0, 0.1) is 0 Å². The van der Waals surface area contributed by atoms with E-state index in [0.717, 1.165) is 52.9 Å². The first-order chi connectivity index (χ1) is 14.4. The number of anilines is 1. The maximum Gasteiger partial charge on any atom is 0.229 e. The van der Waals surface area contributed by atoms with E-state index in [1.165, 1.54) is 0 Å². The van der Waals surface area contributed by atoms with E-state index >= 15 is 0 Å². The third kappa shape index (κ3) is 4.28. The second-order valence-electron chi connectivity index (χ2n) is 7.03. The van der Waals surface area contributed by atoms with Gasteiger partial charge in [-0.15, -0.1) is 10.2 Å². The number of para-hydroxylation sites is 1. The normalized spacial score (nSPS) is 11.5. The van der Waals surface area contributed by atoms with Crippen LogP contribution in [-0.4, -0.2) is 36.4 Å². The number of fused-ring (bicyclic) bond motifs is 1.